The van der Waals surface area contributed by atoms with Crippen molar-refractivity contribution in [2.45, 2.75) is 38.5 Å². The van der Waals surface area contributed by atoms with Gasteiger partial charge in [0.25, 0.3) is 0 Å². The molecule has 0 aliphatic carbocycles. The fourth-order valence-electron chi connectivity index (χ4n) is 2.33. The summed E-state index contributed by atoms with van der Waals surface area (Å²) in [7, 11) is 0. The van der Waals surface area contributed by atoms with Gasteiger partial charge >= 0.3 is 12.1 Å². The smallest absolute Gasteiger partial charge is 0.393 e. The molecule has 1 aromatic heterocycles. The topological polar surface area (TPSA) is 70.1 Å². The van der Waals surface area contributed by atoms with E-state index in [2.05, 4.69) is 4.98 Å². The lowest BCUT2D eigenvalue weighted by Gasteiger charge is -2.29. The van der Waals surface area contributed by atoms with E-state index in [9.17, 15) is 18.0 Å². The first-order valence-corrected chi connectivity index (χ1v) is 6.35. The molecule has 2 atom stereocenters. The van der Waals surface area contributed by atoms with Gasteiger partial charge in [-0.25, -0.2) is 4.98 Å². The van der Waals surface area contributed by atoms with Gasteiger partial charge in [-0.2, -0.15) is 13.2 Å². The highest BCUT2D eigenvalue weighted by Gasteiger charge is 2.44. The van der Waals surface area contributed by atoms with Gasteiger partial charge in [-0.3, -0.25) is 4.79 Å². The van der Waals surface area contributed by atoms with Crippen LogP contribution in [0.5, 0.6) is 0 Å². The number of alkyl halides is 3. The standard InChI is InChI=1S/C12H16F3N3O2/c1-2-20-10(19)4-8-6-18-5-7(12(13,14)15)3-9(16)11(18)17-8/h6-7,9H,2-5,16H2,1H3. The van der Waals surface area contributed by atoms with Gasteiger partial charge in [-0.15, -0.1) is 0 Å². The highest BCUT2D eigenvalue weighted by atomic mass is 19.4. The Hall–Kier alpha value is -1.57. The van der Waals surface area contributed by atoms with Crippen LogP contribution < -0.4 is 5.73 Å². The fraction of sp³-hybridized carbons (Fsp3) is 0.667. The second-order valence-electron chi connectivity index (χ2n) is 4.81. The van der Waals surface area contributed by atoms with Crippen molar-refractivity contribution in [3.63, 3.8) is 0 Å². The maximum Gasteiger partial charge on any atom is 0.393 e. The maximum atomic E-state index is 12.8. The normalized spacial score (nSPS) is 22.4. The predicted octanol–water partition coefficient (Wildman–Crippen LogP) is 1.57. The van der Waals surface area contributed by atoms with Crippen molar-refractivity contribution in [2.24, 2.45) is 11.7 Å². The Morgan fingerprint density at radius 2 is 2.30 bits per heavy atom. The van der Waals surface area contributed by atoms with Gasteiger partial charge in [0, 0.05) is 12.7 Å². The minimum absolute atomic E-state index is 0.0583. The maximum absolute atomic E-state index is 12.8. The Bertz CT molecular complexity index is 499. The lowest BCUT2D eigenvalue weighted by Crippen LogP contribution is -2.36. The number of hydrogen-bond donors (Lipinski definition) is 1. The van der Waals surface area contributed by atoms with Crippen molar-refractivity contribution in [3.05, 3.63) is 17.7 Å². The van der Waals surface area contributed by atoms with Crippen LogP contribution in [-0.4, -0.2) is 28.3 Å². The van der Waals surface area contributed by atoms with Gasteiger partial charge in [0.2, 0.25) is 0 Å². The monoisotopic (exact) mass is 291 g/mol. The van der Waals surface area contributed by atoms with Gasteiger partial charge in [-0.1, -0.05) is 0 Å². The van der Waals surface area contributed by atoms with Gasteiger partial charge in [0.1, 0.15) is 5.82 Å². The summed E-state index contributed by atoms with van der Waals surface area (Å²) in [6.07, 6.45) is -3.07. The average Bonchev–Trinajstić information content (AvgIpc) is 2.71. The summed E-state index contributed by atoms with van der Waals surface area (Å²) in [4.78, 5) is 15.5. The first-order valence-electron chi connectivity index (χ1n) is 6.35. The number of carbonyl (C=O) groups excluding carboxylic acids is 1. The fourth-order valence-corrected chi connectivity index (χ4v) is 2.33. The molecule has 0 fully saturated rings. The van der Waals surface area contributed by atoms with E-state index in [0.29, 0.717) is 11.5 Å². The first-order chi connectivity index (χ1) is 9.31. The van der Waals surface area contributed by atoms with Crippen LogP contribution in [0.4, 0.5) is 13.2 Å². The largest absolute Gasteiger partial charge is 0.466 e. The van der Waals surface area contributed by atoms with E-state index in [4.69, 9.17) is 10.5 Å². The number of aromatic nitrogens is 2. The van der Waals surface area contributed by atoms with E-state index in [0.717, 1.165) is 0 Å². The Morgan fingerprint density at radius 1 is 1.60 bits per heavy atom. The Labute approximate surface area is 113 Å². The highest BCUT2D eigenvalue weighted by molar-refractivity contribution is 5.71. The van der Waals surface area contributed by atoms with Crippen molar-refractivity contribution in [2.75, 3.05) is 6.61 Å². The van der Waals surface area contributed by atoms with Crippen LogP contribution >= 0.6 is 0 Å². The second kappa shape index (κ2) is 5.43. The molecule has 0 bridgehead atoms. The summed E-state index contributed by atoms with van der Waals surface area (Å²) in [5.41, 5.74) is 6.12. The van der Waals surface area contributed by atoms with E-state index >= 15 is 0 Å². The summed E-state index contributed by atoms with van der Waals surface area (Å²) in [6, 6.07) is -0.772. The number of imidazole rings is 1. The molecule has 2 rings (SSSR count). The Kier molecular flexibility index (Phi) is 4.03. The molecule has 8 heteroatoms. The molecule has 0 saturated carbocycles. The molecule has 1 aliphatic rings. The van der Waals surface area contributed by atoms with Gasteiger partial charge in [-0.05, 0) is 13.3 Å². The summed E-state index contributed by atoms with van der Waals surface area (Å²) in [5, 5.41) is 0. The van der Waals surface area contributed by atoms with Crippen LogP contribution in [0.15, 0.2) is 6.20 Å². The van der Waals surface area contributed by atoms with Crippen molar-refractivity contribution in [1.29, 1.82) is 0 Å². The number of fused-ring (bicyclic) bond motifs is 1. The summed E-state index contributed by atoms with van der Waals surface area (Å²) in [5.74, 6) is -1.54. The van der Waals surface area contributed by atoms with E-state index in [-0.39, 0.29) is 26.0 Å². The molecule has 0 aromatic carbocycles. The van der Waals surface area contributed by atoms with Crippen LogP contribution in [0.1, 0.15) is 30.9 Å². The predicted molar refractivity (Wildman–Crippen MR) is 63.7 cm³/mol. The second-order valence-corrected chi connectivity index (χ2v) is 4.81. The van der Waals surface area contributed by atoms with Crippen LogP contribution in [0.3, 0.4) is 0 Å². The lowest BCUT2D eigenvalue weighted by molar-refractivity contribution is -0.184. The number of rotatable bonds is 3. The van der Waals surface area contributed by atoms with Gasteiger partial charge in [0.15, 0.2) is 0 Å². The number of hydrogen-bond acceptors (Lipinski definition) is 4. The van der Waals surface area contributed by atoms with Crippen LogP contribution in [0.2, 0.25) is 0 Å². The van der Waals surface area contributed by atoms with Gasteiger partial charge in [0.05, 0.1) is 30.7 Å². The van der Waals surface area contributed by atoms with Crippen molar-refractivity contribution in [1.82, 2.24) is 9.55 Å². The highest BCUT2D eigenvalue weighted by Crippen LogP contribution is 2.37. The minimum Gasteiger partial charge on any atom is -0.466 e. The Balaban J connectivity index is 2.15. The van der Waals surface area contributed by atoms with Crippen LogP contribution in [0, 0.1) is 5.92 Å². The van der Waals surface area contributed by atoms with Crippen molar-refractivity contribution < 1.29 is 22.7 Å². The van der Waals surface area contributed by atoms with E-state index < -0.39 is 24.1 Å². The summed E-state index contributed by atoms with van der Waals surface area (Å²) < 4.78 is 44.5. The molecule has 20 heavy (non-hydrogen) atoms. The number of ether oxygens (including phenoxy) is 1. The van der Waals surface area contributed by atoms with E-state index in [1.165, 1.54) is 10.8 Å². The summed E-state index contributed by atoms with van der Waals surface area (Å²) >= 11 is 0. The molecule has 0 saturated heterocycles. The molecule has 1 aliphatic heterocycles. The summed E-state index contributed by atoms with van der Waals surface area (Å²) in [6.45, 7) is 1.73. The molecule has 0 spiro atoms. The van der Waals surface area contributed by atoms with Crippen LogP contribution in [0.25, 0.3) is 0 Å². The first kappa shape index (κ1) is 14.8. The SMILES string of the molecule is CCOC(=O)Cc1cn2c(n1)C(N)CC(C(F)(F)F)C2. The molecule has 1 aromatic rings. The van der Waals surface area contributed by atoms with Crippen LogP contribution in [-0.2, 0) is 22.5 Å². The quantitative estimate of drug-likeness (QED) is 0.858. The molecular formula is C12H16F3N3O2. The average molecular weight is 291 g/mol. The molecule has 2 unspecified atom stereocenters. The van der Waals surface area contributed by atoms with Crippen molar-refractivity contribution >= 4 is 5.97 Å². The molecule has 2 N–H and O–H groups in total. The molecule has 5 nitrogen and oxygen atoms in total. The molecule has 2 heterocycles. The zero-order chi connectivity index (χ0) is 14.9. The number of nitrogens with two attached hydrogens (primary N) is 1. The zero-order valence-electron chi connectivity index (χ0n) is 11.0. The number of halogens is 3. The number of carbonyl (C=O) groups is 1. The molecule has 112 valence electrons. The molecule has 0 amide bonds. The third kappa shape index (κ3) is 3.12. The van der Waals surface area contributed by atoms with E-state index in [1.54, 1.807) is 6.92 Å². The minimum atomic E-state index is -4.28. The number of esters is 1. The van der Waals surface area contributed by atoms with Crippen molar-refractivity contribution in [3.8, 4) is 0 Å². The molecular weight excluding hydrogens is 275 g/mol. The number of nitrogens with zero attached hydrogens (tertiary/aromatic N) is 2. The Morgan fingerprint density at radius 3 is 2.90 bits per heavy atom. The molecule has 0 radical (unpaired) electrons. The third-order valence-electron chi connectivity index (χ3n) is 3.24. The zero-order valence-corrected chi connectivity index (χ0v) is 11.0. The van der Waals surface area contributed by atoms with E-state index in [1.807, 2.05) is 0 Å². The lowest BCUT2D eigenvalue weighted by atomic mass is 9.95. The van der Waals surface area contributed by atoms with Gasteiger partial charge < -0.3 is 15.0 Å². The third-order valence-corrected chi connectivity index (χ3v) is 3.24.